The fraction of sp³-hybridized carbons (Fsp3) is 0. The molecule has 0 aliphatic carbocycles. The van der Waals surface area contributed by atoms with Gasteiger partial charge < -0.3 is 5.32 Å². The number of anilines is 2. The number of para-hydroxylation sites is 1. The summed E-state index contributed by atoms with van der Waals surface area (Å²) in [5, 5.41) is 13.5. The Hall–Kier alpha value is -3.30. The lowest BCUT2D eigenvalue weighted by Gasteiger charge is -2.09. The number of nitrogens with one attached hydrogen (secondary N) is 1. The number of hydrogen-bond donors (Lipinski definition) is 1. The number of rotatable bonds is 3. The van der Waals surface area contributed by atoms with E-state index in [0.717, 1.165) is 26.7 Å². The number of fused-ring (bicyclic) bond motifs is 1. The first-order chi connectivity index (χ1) is 12.7. The molecule has 1 N–H and O–H groups in total. The van der Waals surface area contributed by atoms with E-state index in [-0.39, 0.29) is 0 Å². The highest BCUT2D eigenvalue weighted by Gasteiger charge is 2.13. The maximum Gasteiger partial charge on any atom is 0.229 e. The van der Waals surface area contributed by atoms with E-state index in [0.29, 0.717) is 17.3 Å². The molecule has 0 unspecified atom stereocenters. The predicted octanol–water partition coefficient (Wildman–Crippen LogP) is 5.07. The molecule has 0 atom stereocenters. The van der Waals surface area contributed by atoms with Crippen LogP contribution in [-0.4, -0.2) is 15.0 Å². The fourth-order valence-corrected chi connectivity index (χ4v) is 3.14. The van der Waals surface area contributed by atoms with Crippen LogP contribution in [0.25, 0.3) is 22.2 Å². The first kappa shape index (κ1) is 16.2. The Labute approximate surface area is 158 Å². The van der Waals surface area contributed by atoms with Gasteiger partial charge in [0.15, 0.2) is 11.3 Å². The monoisotopic (exact) mass is 401 g/mol. The Bertz CT molecular complexity index is 1140. The predicted molar refractivity (Wildman–Crippen MR) is 105 cm³/mol. The van der Waals surface area contributed by atoms with Crippen molar-refractivity contribution in [2.45, 2.75) is 0 Å². The summed E-state index contributed by atoms with van der Waals surface area (Å²) in [6.45, 7) is 0. The molecule has 0 spiro atoms. The smallest absolute Gasteiger partial charge is 0.229 e. The van der Waals surface area contributed by atoms with Crippen LogP contribution in [0.1, 0.15) is 5.69 Å². The summed E-state index contributed by atoms with van der Waals surface area (Å²) in [6.07, 6.45) is 1.71. The van der Waals surface area contributed by atoms with Crippen molar-refractivity contribution < 1.29 is 0 Å². The molecule has 0 radical (unpaired) electrons. The van der Waals surface area contributed by atoms with Gasteiger partial charge in [-0.15, -0.1) is 0 Å². The van der Waals surface area contributed by atoms with Gasteiger partial charge in [0.1, 0.15) is 6.07 Å². The van der Waals surface area contributed by atoms with E-state index in [4.69, 9.17) is 0 Å². The third kappa shape index (κ3) is 3.13. The number of nitriles is 1. The minimum atomic E-state index is 0.328. The van der Waals surface area contributed by atoms with Crippen LogP contribution in [0.2, 0.25) is 0 Å². The van der Waals surface area contributed by atoms with Gasteiger partial charge in [0, 0.05) is 27.3 Å². The number of nitrogens with zero attached hydrogens (tertiary/aromatic N) is 4. The normalized spacial score (nSPS) is 10.5. The van der Waals surface area contributed by atoms with Crippen molar-refractivity contribution in [2.24, 2.45) is 0 Å². The largest absolute Gasteiger partial charge is 0.324 e. The third-order valence-corrected chi connectivity index (χ3v) is 4.56. The van der Waals surface area contributed by atoms with Gasteiger partial charge in [-0.25, -0.2) is 9.97 Å². The summed E-state index contributed by atoms with van der Waals surface area (Å²) in [6, 6.07) is 21.5. The molecule has 0 aliphatic rings. The Kier molecular flexibility index (Phi) is 4.30. The second kappa shape index (κ2) is 6.90. The van der Waals surface area contributed by atoms with Crippen LogP contribution in [0.5, 0.6) is 0 Å². The lowest BCUT2D eigenvalue weighted by Crippen LogP contribution is -1.99. The van der Waals surface area contributed by atoms with E-state index < -0.39 is 0 Å². The average Bonchev–Trinajstić information content (AvgIpc) is 2.68. The van der Waals surface area contributed by atoms with E-state index >= 15 is 0 Å². The van der Waals surface area contributed by atoms with Crippen molar-refractivity contribution in [3.8, 4) is 17.2 Å². The topological polar surface area (TPSA) is 74.5 Å². The Balaban J connectivity index is 1.80. The van der Waals surface area contributed by atoms with Gasteiger partial charge >= 0.3 is 0 Å². The summed E-state index contributed by atoms with van der Waals surface area (Å²) >= 11 is 3.53. The molecule has 6 heteroatoms. The Morgan fingerprint density at radius 2 is 1.69 bits per heavy atom. The minimum absolute atomic E-state index is 0.328. The molecule has 0 saturated carbocycles. The lowest BCUT2D eigenvalue weighted by molar-refractivity contribution is 1.17. The molecule has 5 nitrogen and oxygen atoms in total. The second-order valence-corrected chi connectivity index (χ2v) is 6.43. The first-order valence-corrected chi connectivity index (χ1v) is 8.69. The molecule has 0 bridgehead atoms. The number of aromatic nitrogens is 3. The highest BCUT2D eigenvalue weighted by molar-refractivity contribution is 9.10. The van der Waals surface area contributed by atoms with Crippen LogP contribution >= 0.6 is 15.9 Å². The molecule has 2 aromatic carbocycles. The molecule has 0 saturated heterocycles. The average molecular weight is 402 g/mol. The molecule has 2 heterocycles. The zero-order valence-corrected chi connectivity index (χ0v) is 15.1. The molecule has 0 amide bonds. The molecule has 4 rings (SSSR count). The van der Waals surface area contributed by atoms with Gasteiger partial charge in [0.25, 0.3) is 0 Å². The number of hydrogen-bond acceptors (Lipinski definition) is 5. The van der Waals surface area contributed by atoms with Crippen LogP contribution in [0, 0.1) is 11.3 Å². The highest BCUT2D eigenvalue weighted by Crippen LogP contribution is 2.31. The SMILES string of the molecule is N#Cc1nc2nc(Nc3ccccc3)ncc2cc1-c1ccccc1Br. The van der Waals surface area contributed by atoms with E-state index in [1.165, 1.54) is 0 Å². The van der Waals surface area contributed by atoms with Gasteiger partial charge in [0.05, 0.1) is 0 Å². The maximum absolute atomic E-state index is 9.55. The lowest BCUT2D eigenvalue weighted by atomic mass is 10.0. The summed E-state index contributed by atoms with van der Waals surface area (Å²) < 4.78 is 0.904. The van der Waals surface area contributed by atoms with E-state index in [9.17, 15) is 5.26 Å². The Morgan fingerprint density at radius 1 is 0.923 bits per heavy atom. The molecule has 124 valence electrons. The van der Waals surface area contributed by atoms with Gasteiger partial charge in [-0.2, -0.15) is 10.2 Å². The molecule has 2 aromatic heterocycles. The van der Waals surface area contributed by atoms with Gasteiger partial charge in [-0.3, -0.25) is 0 Å². The minimum Gasteiger partial charge on any atom is -0.324 e. The quantitative estimate of drug-likeness (QED) is 0.518. The van der Waals surface area contributed by atoms with Crippen LogP contribution < -0.4 is 5.32 Å². The first-order valence-electron chi connectivity index (χ1n) is 7.89. The summed E-state index contributed by atoms with van der Waals surface area (Å²) in [4.78, 5) is 13.2. The molecule has 4 aromatic rings. The van der Waals surface area contributed by atoms with Crippen LogP contribution in [0.3, 0.4) is 0 Å². The van der Waals surface area contributed by atoms with E-state index in [2.05, 4.69) is 42.3 Å². The van der Waals surface area contributed by atoms with Crippen molar-refractivity contribution in [2.75, 3.05) is 5.32 Å². The summed E-state index contributed by atoms with van der Waals surface area (Å²) in [5.74, 6) is 0.439. The van der Waals surface area contributed by atoms with Crippen molar-refractivity contribution in [3.63, 3.8) is 0 Å². The molecule has 26 heavy (non-hydrogen) atoms. The molecule has 0 aliphatic heterocycles. The molecular weight excluding hydrogens is 390 g/mol. The third-order valence-electron chi connectivity index (χ3n) is 3.87. The standard InChI is InChI=1S/C20H12BrN5/c21-17-9-5-4-8-15(17)16-10-13-12-23-20(24-14-6-2-1-3-7-14)26-19(13)25-18(16)11-22/h1-10,12H,(H,23,24,25,26). The van der Waals surface area contributed by atoms with Gasteiger partial charge in [-0.1, -0.05) is 52.3 Å². The highest BCUT2D eigenvalue weighted by atomic mass is 79.9. The van der Waals surface area contributed by atoms with Crippen molar-refractivity contribution >= 4 is 38.6 Å². The van der Waals surface area contributed by atoms with E-state index in [1.807, 2.05) is 60.7 Å². The summed E-state index contributed by atoms with van der Waals surface area (Å²) in [5.41, 5.74) is 3.35. The van der Waals surface area contributed by atoms with Crippen molar-refractivity contribution in [3.05, 3.63) is 77.0 Å². The number of pyridine rings is 1. The van der Waals surface area contributed by atoms with Crippen LogP contribution in [0.4, 0.5) is 11.6 Å². The van der Waals surface area contributed by atoms with Gasteiger partial charge in [-0.05, 0) is 29.8 Å². The second-order valence-electron chi connectivity index (χ2n) is 5.57. The zero-order valence-electron chi connectivity index (χ0n) is 13.5. The van der Waals surface area contributed by atoms with Crippen molar-refractivity contribution in [1.29, 1.82) is 5.26 Å². The maximum atomic E-state index is 9.55. The van der Waals surface area contributed by atoms with E-state index in [1.54, 1.807) is 6.20 Å². The fourth-order valence-electron chi connectivity index (χ4n) is 2.64. The zero-order chi connectivity index (χ0) is 17.9. The number of halogens is 1. The molecule has 0 fully saturated rings. The van der Waals surface area contributed by atoms with Crippen LogP contribution in [-0.2, 0) is 0 Å². The number of benzene rings is 2. The molecular formula is C20H12BrN5. The van der Waals surface area contributed by atoms with Crippen LogP contribution in [0.15, 0.2) is 71.3 Å². The Morgan fingerprint density at radius 3 is 2.46 bits per heavy atom. The van der Waals surface area contributed by atoms with Crippen molar-refractivity contribution in [1.82, 2.24) is 15.0 Å². The summed E-state index contributed by atoms with van der Waals surface area (Å²) in [7, 11) is 0. The van der Waals surface area contributed by atoms with Gasteiger partial charge in [0.2, 0.25) is 5.95 Å².